The summed E-state index contributed by atoms with van der Waals surface area (Å²) in [5.74, 6) is 0. The quantitative estimate of drug-likeness (QED) is 0.745. The SMILES string of the molecule is Cc1ccc(N[C@H](C)[C@@H](C)O)cc1. The molecule has 0 aliphatic carbocycles. The average molecular weight is 179 g/mol. The first kappa shape index (κ1) is 10.1. The van der Waals surface area contributed by atoms with Crippen molar-refractivity contribution in [3.8, 4) is 0 Å². The molecule has 72 valence electrons. The normalized spacial score (nSPS) is 15.1. The molecule has 0 aromatic heterocycles. The van der Waals surface area contributed by atoms with Crippen molar-refractivity contribution in [1.82, 2.24) is 0 Å². The summed E-state index contributed by atoms with van der Waals surface area (Å²) in [5, 5.41) is 12.5. The van der Waals surface area contributed by atoms with Gasteiger partial charge in [0.2, 0.25) is 0 Å². The lowest BCUT2D eigenvalue weighted by molar-refractivity contribution is 0.178. The second-order valence-electron chi connectivity index (χ2n) is 3.54. The maximum Gasteiger partial charge on any atom is 0.0710 e. The molecule has 0 bridgehead atoms. The van der Waals surface area contributed by atoms with Crippen LogP contribution in [0, 0.1) is 6.92 Å². The molecule has 0 unspecified atom stereocenters. The van der Waals surface area contributed by atoms with Gasteiger partial charge in [0.15, 0.2) is 0 Å². The third-order valence-electron chi connectivity index (χ3n) is 2.17. The molecule has 0 amide bonds. The van der Waals surface area contributed by atoms with Gasteiger partial charge < -0.3 is 10.4 Å². The Morgan fingerprint density at radius 2 is 1.69 bits per heavy atom. The molecule has 2 N–H and O–H groups in total. The van der Waals surface area contributed by atoms with E-state index in [4.69, 9.17) is 0 Å². The molecule has 0 radical (unpaired) electrons. The third-order valence-corrected chi connectivity index (χ3v) is 2.17. The maximum absolute atomic E-state index is 9.27. The Kier molecular flexibility index (Phi) is 3.32. The summed E-state index contributed by atoms with van der Waals surface area (Å²) in [6, 6.07) is 8.24. The monoisotopic (exact) mass is 179 g/mol. The Bertz CT molecular complexity index is 253. The highest BCUT2D eigenvalue weighted by Gasteiger charge is 2.07. The van der Waals surface area contributed by atoms with Crippen molar-refractivity contribution >= 4 is 5.69 Å². The van der Waals surface area contributed by atoms with Gasteiger partial charge in [0.1, 0.15) is 0 Å². The van der Waals surface area contributed by atoms with Gasteiger partial charge in [-0.25, -0.2) is 0 Å². The number of aliphatic hydroxyl groups is 1. The van der Waals surface area contributed by atoms with Crippen molar-refractivity contribution < 1.29 is 5.11 Å². The van der Waals surface area contributed by atoms with Gasteiger partial charge >= 0.3 is 0 Å². The van der Waals surface area contributed by atoms with Gasteiger partial charge in [-0.05, 0) is 32.9 Å². The van der Waals surface area contributed by atoms with Crippen LogP contribution in [0.4, 0.5) is 5.69 Å². The first-order chi connectivity index (χ1) is 6.09. The van der Waals surface area contributed by atoms with Crippen LogP contribution < -0.4 is 5.32 Å². The molecule has 0 saturated carbocycles. The number of aryl methyl sites for hydroxylation is 1. The minimum atomic E-state index is -0.332. The van der Waals surface area contributed by atoms with Crippen LogP contribution in [-0.4, -0.2) is 17.3 Å². The molecule has 0 aliphatic heterocycles. The van der Waals surface area contributed by atoms with E-state index >= 15 is 0 Å². The van der Waals surface area contributed by atoms with Crippen LogP contribution in [0.15, 0.2) is 24.3 Å². The molecule has 2 nitrogen and oxygen atoms in total. The largest absolute Gasteiger partial charge is 0.391 e. The van der Waals surface area contributed by atoms with Gasteiger partial charge in [-0.1, -0.05) is 17.7 Å². The predicted octanol–water partition coefficient (Wildman–Crippen LogP) is 2.18. The van der Waals surface area contributed by atoms with Crippen molar-refractivity contribution in [2.45, 2.75) is 32.9 Å². The third kappa shape index (κ3) is 3.07. The summed E-state index contributed by atoms with van der Waals surface area (Å²) < 4.78 is 0. The standard InChI is InChI=1S/C11H17NO/c1-8-4-6-11(7-5-8)12-9(2)10(3)13/h4-7,9-10,12-13H,1-3H3/t9-,10-/m1/s1. The summed E-state index contributed by atoms with van der Waals surface area (Å²) in [6.45, 7) is 5.80. The van der Waals surface area contributed by atoms with Crippen LogP contribution in [0.2, 0.25) is 0 Å². The number of hydrogen-bond donors (Lipinski definition) is 2. The number of hydrogen-bond acceptors (Lipinski definition) is 2. The van der Waals surface area contributed by atoms with Crippen LogP contribution in [0.1, 0.15) is 19.4 Å². The Balaban J connectivity index is 2.59. The molecule has 0 saturated heterocycles. The van der Waals surface area contributed by atoms with Gasteiger partial charge in [-0.3, -0.25) is 0 Å². The second-order valence-corrected chi connectivity index (χ2v) is 3.54. The highest BCUT2D eigenvalue weighted by Crippen LogP contribution is 2.10. The maximum atomic E-state index is 9.27. The van der Waals surface area contributed by atoms with Crippen molar-refractivity contribution in [2.24, 2.45) is 0 Å². The van der Waals surface area contributed by atoms with Gasteiger partial charge in [0.05, 0.1) is 6.10 Å². The molecular formula is C11H17NO. The highest BCUT2D eigenvalue weighted by atomic mass is 16.3. The molecule has 13 heavy (non-hydrogen) atoms. The zero-order chi connectivity index (χ0) is 9.84. The number of anilines is 1. The van der Waals surface area contributed by atoms with E-state index in [0.717, 1.165) is 5.69 Å². The zero-order valence-corrected chi connectivity index (χ0v) is 8.41. The molecular weight excluding hydrogens is 162 g/mol. The fourth-order valence-corrected chi connectivity index (χ4v) is 1.03. The van der Waals surface area contributed by atoms with Crippen molar-refractivity contribution in [1.29, 1.82) is 0 Å². The Hall–Kier alpha value is -1.02. The van der Waals surface area contributed by atoms with E-state index < -0.39 is 0 Å². The molecule has 0 heterocycles. The van der Waals surface area contributed by atoms with Crippen LogP contribution in [0.25, 0.3) is 0 Å². The minimum absolute atomic E-state index is 0.0858. The van der Waals surface area contributed by atoms with E-state index in [1.165, 1.54) is 5.56 Å². The van der Waals surface area contributed by atoms with Gasteiger partial charge in [0, 0.05) is 11.7 Å². The summed E-state index contributed by atoms with van der Waals surface area (Å²) in [4.78, 5) is 0. The summed E-state index contributed by atoms with van der Waals surface area (Å²) in [7, 11) is 0. The molecule has 0 fully saturated rings. The second kappa shape index (κ2) is 4.28. The fraction of sp³-hybridized carbons (Fsp3) is 0.455. The lowest BCUT2D eigenvalue weighted by Gasteiger charge is -2.17. The number of benzene rings is 1. The van der Waals surface area contributed by atoms with Gasteiger partial charge in [-0.2, -0.15) is 0 Å². The highest BCUT2D eigenvalue weighted by molar-refractivity contribution is 5.45. The van der Waals surface area contributed by atoms with Gasteiger partial charge in [0.25, 0.3) is 0 Å². The Morgan fingerprint density at radius 3 is 2.15 bits per heavy atom. The van der Waals surface area contributed by atoms with Crippen molar-refractivity contribution in [3.63, 3.8) is 0 Å². The van der Waals surface area contributed by atoms with E-state index in [2.05, 4.69) is 24.4 Å². The van der Waals surface area contributed by atoms with Crippen molar-refractivity contribution in [3.05, 3.63) is 29.8 Å². The molecule has 1 aromatic carbocycles. The number of rotatable bonds is 3. The molecule has 1 rings (SSSR count). The molecule has 0 spiro atoms. The molecule has 0 aliphatic rings. The molecule has 2 atom stereocenters. The Morgan fingerprint density at radius 1 is 1.15 bits per heavy atom. The Labute approximate surface area is 79.6 Å². The summed E-state index contributed by atoms with van der Waals surface area (Å²) in [6.07, 6.45) is -0.332. The first-order valence-electron chi connectivity index (χ1n) is 4.61. The minimum Gasteiger partial charge on any atom is -0.391 e. The van der Waals surface area contributed by atoms with Gasteiger partial charge in [-0.15, -0.1) is 0 Å². The van der Waals surface area contributed by atoms with Crippen LogP contribution in [0.3, 0.4) is 0 Å². The van der Waals surface area contributed by atoms with Crippen LogP contribution in [0.5, 0.6) is 0 Å². The van der Waals surface area contributed by atoms with Crippen LogP contribution >= 0.6 is 0 Å². The lowest BCUT2D eigenvalue weighted by Crippen LogP contribution is -2.27. The van der Waals surface area contributed by atoms with E-state index in [1.54, 1.807) is 6.92 Å². The first-order valence-corrected chi connectivity index (χ1v) is 4.61. The lowest BCUT2D eigenvalue weighted by atomic mass is 10.2. The number of aliphatic hydroxyl groups excluding tert-OH is 1. The summed E-state index contributed by atoms with van der Waals surface area (Å²) >= 11 is 0. The predicted molar refractivity (Wildman–Crippen MR) is 55.9 cm³/mol. The van der Waals surface area contributed by atoms with E-state index in [9.17, 15) is 5.11 Å². The summed E-state index contributed by atoms with van der Waals surface area (Å²) in [5.41, 5.74) is 2.30. The van der Waals surface area contributed by atoms with Crippen molar-refractivity contribution in [2.75, 3.05) is 5.32 Å². The fourth-order valence-electron chi connectivity index (χ4n) is 1.03. The topological polar surface area (TPSA) is 32.3 Å². The van der Waals surface area contributed by atoms with E-state index in [0.29, 0.717) is 0 Å². The van der Waals surface area contributed by atoms with E-state index in [1.807, 2.05) is 19.1 Å². The number of nitrogens with one attached hydrogen (secondary N) is 1. The smallest absolute Gasteiger partial charge is 0.0710 e. The average Bonchev–Trinajstić information content (AvgIpc) is 2.08. The van der Waals surface area contributed by atoms with E-state index in [-0.39, 0.29) is 12.1 Å². The van der Waals surface area contributed by atoms with Crippen LogP contribution in [-0.2, 0) is 0 Å². The zero-order valence-electron chi connectivity index (χ0n) is 8.41. The molecule has 2 heteroatoms. The molecule has 1 aromatic rings.